The Morgan fingerprint density at radius 1 is 1.12 bits per heavy atom. The topological polar surface area (TPSA) is 70.2 Å². The SMILES string of the molecule is CC(=O)Nc1cc(NCC(=O)NCc2ccccc2C)ccc1F. The first-order valence-electron chi connectivity index (χ1n) is 7.58. The molecule has 2 aromatic carbocycles. The lowest BCUT2D eigenvalue weighted by atomic mass is 10.1. The van der Waals surface area contributed by atoms with Crippen molar-refractivity contribution >= 4 is 23.2 Å². The zero-order chi connectivity index (χ0) is 17.5. The van der Waals surface area contributed by atoms with Crippen molar-refractivity contribution in [2.24, 2.45) is 0 Å². The lowest BCUT2D eigenvalue weighted by Gasteiger charge is -2.11. The zero-order valence-electron chi connectivity index (χ0n) is 13.7. The van der Waals surface area contributed by atoms with Gasteiger partial charge in [-0.1, -0.05) is 24.3 Å². The van der Waals surface area contributed by atoms with Crippen LogP contribution < -0.4 is 16.0 Å². The van der Waals surface area contributed by atoms with Crippen LogP contribution in [0.4, 0.5) is 15.8 Å². The van der Waals surface area contributed by atoms with Gasteiger partial charge in [0.05, 0.1) is 12.2 Å². The van der Waals surface area contributed by atoms with E-state index < -0.39 is 5.82 Å². The molecule has 0 aliphatic heterocycles. The Morgan fingerprint density at radius 2 is 1.88 bits per heavy atom. The summed E-state index contributed by atoms with van der Waals surface area (Å²) in [6, 6.07) is 12.0. The van der Waals surface area contributed by atoms with Gasteiger partial charge in [0, 0.05) is 19.2 Å². The number of nitrogens with one attached hydrogen (secondary N) is 3. The maximum absolute atomic E-state index is 13.6. The molecule has 0 fully saturated rings. The van der Waals surface area contributed by atoms with Crippen LogP contribution in [-0.2, 0) is 16.1 Å². The van der Waals surface area contributed by atoms with Gasteiger partial charge in [0.1, 0.15) is 5.82 Å². The van der Waals surface area contributed by atoms with Gasteiger partial charge < -0.3 is 16.0 Å². The summed E-state index contributed by atoms with van der Waals surface area (Å²) in [6.07, 6.45) is 0. The van der Waals surface area contributed by atoms with E-state index in [0.29, 0.717) is 12.2 Å². The molecule has 0 aliphatic carbocycles. The molecule has 0 saturated carbocycles. The molecule has 0 radical (unpaired) electrons. The fourth-order valence-corrected chi connectivity index (χ4v) is 2.17. The minimum Gasteiger partial charge on any atom is -0.376 e. The predicted octanol–water partition coefficient (Wildman–Crippen LogP) is 2.82. The Morgan fingerprint density at radius 3 is 2.58 bits per heavy atom. The van der Waals surface area contributed by atoms with Crippen molar-refractivity contribution in [1.82, 2.24) is 5.32 Å². The average molecular weight is 329 g/mol. The summed E-state index contributed by atoms with van der Waals surface area (Å²) < 4.78 is 13.6. The molecule has 3 N–H and O–H groups in total. The van der Waals surface area contributed by atoms with Gasteiger partial charge in [-0.3, -0.25) is 9.59 Å². The van der Waals surface area contributed by atoms with Crippen molar-refractivity contribution in [2.45, 2.75) is 20.4 Å². The number of carbonyl (C=O) groups excluding carboxylic acids is 2. The van der Waals surface area contributed by atoms with Gasteiger partial charge in [-0.15, -0.1) is 0 Å². The molecule has 2 amide bonds. The van der Waals surface area contributed by atoms with E-state index >= 15 is 0 Å². The van der Waals surface area contributed by atoms with Crippen molar-refractivity contribution in [3.8, 4) is 0 Å². The summed E-state index contributed by atoms with van der Waals surface area (Å²) in [4.78, 5) is 22.9. The highest BCUT2D eigenvalue weighted by atomic mass is 19.1. The van der Waals surface area contributed by atoms with E-state index in [-0.39, 0.29) is 24.0 Å². The molecule has 0 saturated heterocycles. The molecule has 0 spiro atoms. The van der Waals surface area contributed by atoms with Crippen LogP contribution >= 0.6 is 0 Å². The highest BCUT2D eigenvalue weighted by Crippen LogP contribution is 2.19. The second kappa shape index (κ2) is 8.10. The number of rotatable bonds is 6. The summed E-state index contributed by atoms with van der Waals surface area (Å²) in [6.45, 7) is 3.80. The summed E-state index contributed by atoms with van der Waals surface area (Å²) in [5, 5.41) is 8.13. The molecule has 6 heteroatoms. The highest BCUT2D eigenvalue weighted by Gasteiger charge is 2.07. The van der Waals surface area contributed by atoms with E-state index in [1.165, 1.54) is 25.1 Å². The Labute approximate surface area is 140 Å². The van der Waals surface area contributed by atoms with Crippen LogP contribution in [0.25, 0.3) is 0 Å². The van der Waals surface area contributed by atoms with E-state index in [1.54, 1.807) is 0 Å². The number of halogens is 1. The maximum atomic E-state index is 13.6. The van der Waals surface area contributed by atoms with Crippen LogP contribution in [0.5, 0.6) is 0 Å². The van der Waals surface area contributed by atoms with Crippen LogP contribution in [0.3, 0.4) is 0 Å². The van der Waals surface area contributed by atoms with Crippen LogP contribution in [0.1, 0.15) is 18.1 Å². The third kappa shape index (κ3) is 5.08. The quantitative estimate of drug-likeness (QED) is 0.763. The molecule has 0 heterocycles. The number of anilines is 2. The third-order valence-electron chi connectivity index (χ3n) is 3.47. The summed E-state index contributed by atoms with van der Waals surface area (Å²) in [5.41, 5.74) is 2.80. The van der Waals surface area contributed by atoms with Gasteiger partial charge >= 0.3 is 0 Å². The minimum absolute atomic E-state index is 0.0526. The van der Waals surface area contributed by atoms with Gasteiger partial charge in [0.2, 0.25) is 11.8 Å². The van der Waals surface area contributed by atoms with Gasteiger partial charge in [0.25, 0.3) is 0 Å². The van der Waals surface area contributed by atoms with Crippen LogP contribution in [0.2, 0.25) is 0 Å². The molecule has 0 unspecified atom stereocenters. The predicted molar refractivity (Wildman–Crippen MR) is 92.2 cm³/mol. The van der Waals surface area contributed by atoms with Gasteiger partial charge in [-0.2, -0.15) is 0 Å². The van der Waals surface area contributed by atoms with Crippen molar-refractivity contribution in [3.05, 3.63) is 59.4 Å². The summed E-state index contributed by atoms with van der Waals surface area (Å²) in [5.74, 6) is -1.06. The lowest BCUT2D eigenvalue weighted by molar-refractivity contribution is -0.119. The minimum atomic E-state index is -0.528. The van der Waals surface area contributed by atoms with E-state index in [9.17, 15) is 14.0 Å². The number of hydrogen-bond donors (Lipinski definition) is 3. The molecule has 0 aliphatic rings. The zero-order valence-corrected chi connectivity index (χ0v) is 13.7. The average Bonchev–Trinajstić information content (AvgIpc) is 2.54. The van der Waals surface area contributed by atoms with Crippen LogP contribution in [-0.4, -0.2) is 18.4 Å². The summed E-state index contributed by atoms with van der Waals surface area (Å²) >= 11 is 0. The monoisotopic (exact) mass is 329 g/mol. The van der Waals surface area contributed by atoms with E-state index in [1.807, 2.05) is 31.2 Å². The number of aryl methyl sites for hydroxylation is 1. The molecule has 0 bridgehead atoms. The third-order valence-corrected chi connectivity index (χ3v) is 3.47. The van der Waals surface area contributed by atoms with Crippen molar-refractivity contribution in [1.29, 1.82) is 0 Å². The molecular weight excluding hydrogens is 309 g/mol. The van der Waals surface area contributed by atoms with Gasteiger partial charge in [-0.05, 0) is 36.2 Å². The highest BCUT2D eigenvalue weighted by molar-refractivity contribution is 5.89. The molecule has 0 aromatic heterocycles. The molecule has 24 heavy (non-hydrogen) atoms. The molecule has 2 rings (SSSR count). The maximum Gasteiger partial charge on any atom is 0.239 e. The number of carbonyl (C=O) groups is 2. The lowest BCUT2D eigenvalue weighted by Crippen LogP contribution is -2.29. The van der Waals surface area contributed by atoms with E-state index in [2.05, 4.69) is 16.0 Å². The van der Waals surface area contributed by atoms with Crippen molar-refractivity contribution < 1.29 is 14.0 Å². The fraction of sp³-hybridized carbons (Fsp3) is 0.222. The van der Waals surface area contributed by atoms with E-state index in [4.69, 9.17) is 0 Å². The molecule has 126 valence electrons. The molecule has 2 aromatic rings. The Bertz CT molecular complexity index is 747. The first-order valence-corrected chi connectivity index (χ1v) is 7.58. The standard InChI is InChI=1S/C18H20FN3O2/c1-12-5-3-4-6-14(12)10-21-18(24)11-20-15-7-8-16(19)17(9-15)22-13(2)23/h3-9,20H,10-11H2,1-2H3,(H,21,24)(H,22,23). The first-order chi connectivity index (χ1) is 11.5. The van der Waals surface area contributed by atoms with Gasteiger partial charge in [-0.25, -0.2) is 4.39 Å². The van der Waals surface area contributed by atoms with Crippen molar-refractivity contribution in [2.75, 3.05) is 17.2 Å². The van der Waals surface area contributed by atoms with Crippen LogP contribution in [0.15, 0.2) is 42.5 Å². The fourth-order valence-electron chi connectivity index (χ4n) is 2.17. The molecule has 5 nitrogen and oxygen atoms in total. The number of benzene rings is 2. The Hall–Kier alpha value is -2.89. The number of hydrogen-bond acceptors (Lipinski definition) is 3. The number of amides is 2. The second-order valence-corrected chi connectivity index (χ2v) is 5.43. The smallest absolute Gasteiger partial charge is 0.239 e. The van der Waals surface area contributed by atoms with Crippen LogP contribution in [0, 0.1) is 12.7 Å². The second-order valence-electron chi connectivity index (χ2n) is 5.43. The Balaban J connectivity index is 1.87. The van der Waals surface area contributed by atoms with Gasteiger partial charge in [0.15, 0.2) is 0 Å². The van der Waals surface area contributed by atoms with Crippen molar-refractivity contribution in [3.63, 3.8) is 0 Å². The first kappa shape index (κ1) is 17.5. The largest absolute Gasteiger partial charge is 0.376 e. The Kier molecular flexibility index (Phi) is 5.89. The normalized spacial score (nSPS) is 10.1. The van der Waals surface area contributed by atoms with E-state index in [0.717, 1.165) is 11.1 Å². The molecule has 0 atom stereocenters. The summed E-state index contributed by atoms with van der Waals surface area (Å²) in [7, 11) is 0. The molecular formula is C18H20FN3O2.